The highest BCUT2D eigenvalue weighted by Gasteiger charge is 2.16. The van der Waals surface area contributed by atoms with Gasteiger partial charge < -0.3 is 14.3 Å². The Hall–Kier alpha value is -3.93. The van der Waals surface area contributed by atoms with Crippen LogP contribution in [0.1, 0.15) is 10.4 Å². The molecule has 1 heterocycles. The lowest BCUT2D eigenvalue weighted by Gasteiger charge is -2.08. The molecule has 0 saturated carbocycles. The molecule has 0 aliphatic heterocycles. The average molecular weight is 358 g/mol. The van der Waals surface area contributed by atoms with E-state index in [4.69, 9.17) is 14.3 Å². The van der Waals surface area contributed by atoms with Gasteiger partial charge in [-0.25, -0.2) is 4.79 Å². The van der Waals surface area contributed by atoms with Crippen LogP contribution in [-0.4, -0.2) is 21.3 Å². The summed E-state index contributed by atoms with van der Waals surface area (Å²) in [5, 5.41) is 17.3. The van der Waals surface area contributed by atoms with Crippen LogP contribution < -0.4 is 4.74 Å². The molecule has 0 saturated heterocycles. The molecule has 4 aromatic rings. The Morgan fingerprint density at radius 3 is 2.41 bits per heavy atom. The fraction of sp³-hybridized carbons (Fsp3) is 0. The zero-order chi connectivity index (χ0) is 18.6. The molecular weight excluding hydrogens is 344 g/mol. The van der Waals surface area contributed by atoms with Crippen LogP contribution in [-0.2, 0) is 0 Å². The van der Waals surface area contributed by atoms with E-state index in [-0.39, 0.29) is 17.3 Å². The minimum absolute atomic E-state index is 0.153. The van der Waals surface area contributed by atoms with Crippen molar-refractivity contribution < 1.29 is 19.1 Å². The highest BCUT2D eigenvalue weighted by Crippen LogP contribution is 2.33. The molecule has 1 aromatic heterocycles. The third-order valence-electron chi connectivity index (χ3n) is 3.87. The fourth-order valence-electron chi connectivity index (χ4n) is 2.58. The average Bonchev–Trinajstić information content (AvgIpc) is 3.19. The summed E-state index contributed by atoms with van der Waals surface area (Å²) in [6.07, 6.45) is 0. The van der Waals surface area contributed by atoms with E-state index < -0.39 is 5.97 Å². The molecule has 27 heavy (non-hydrogen) atoms. The first-order valence-corrected chi connectivity index (χ1v) is 8.20. The molecule has 6 heteroatoms. The van der Waals surface area contributed by atoms with Crippen LogP contribution in [0.2, 0.25) is 0 Å². The third-order valence-corrected chi connectivity index (χ3v) is 3.87. The monoisotopic (exact) mass is 358 g/mol. The molecule has 1 N–H and O–H groups in total. The van der Waals surface area contributed by atoms with Crippen LogP contribution in [0, 0.1) is 0 Å². The molecule has 0 aliphatic rings. The molecule has 132 valence electrons. The van der Waals surface area contributed by atoms with Crippen molar-refractivity contribution in [3.63, 3.8) is 0 Å². The van der Waals surface area contributed by atoms with E-state index in [9.17, 15) is 4.79 Å². The molecule has 0 bridgehead atoms. The lowest BCUT2D eigenvalue weighted by molar-refractivity contribution is 0.0697. The van der Waals surface area contributed by atoms with Gasteiger partial charge in [-0.2, -0.15) is 0 Å². The zero-order valence-electron chi connectivity index (χ0n) is 14.1. The van der Waals surface area contributed by atoms with E-state index in [1.807, 2.05) is 54.6 Å². The van der Waals surface area contributed by atoms with Crippen molar-refractivity contribution in [2.24, 2.45) is 0 Å². The van der Waals surface area contributed by atoms with Crippen molar-refractivity contribution in [1.82, 2.24) is 10.2 Å². The third kappa shape index (κ3) is 3.55. The number of rotatable bonds is 5. The van der Waals surface area contributed by atoms with Crippen LogP contribution in [0.25, 0.3) is 22.9 Å². The van der Waals surface area contributed by atoms with Crippen molar-refractivity contribution in [3.05, 3.63) is 84.4 Å². The molecule has 3 aromatic carbocycles. The second-order valence-corrected chi connectivity index (χ2v) is 5.71. The summed E-state index contributed by atoms with van der Waals surface area (Å²) in [5.74, 6) is 0.787. The second kappa shape index (κ2) is 7.13. The molecule has 0 aliphatic carbocycles. The van der Waals surface area contributed by atoms with Gasteiger partial charge in [0, 0.05) is 5.56 Å². The first-order valence-electron chi connectivity index (χ1n) is 8.20. The van der Waals surface area contributed by atoms with Crippen molar-refractivity contribution in [1.29, 1.82) is 0 Å². The SMILES string of the molecule is O=C(O)c1cccc(-c2nnc(-c3ccccc3Oc3ccccc3)o2)c1. The molecule has 0 atom stereocenters. The Kier molecular flexibility index (Phi) is 4.37. The van der Waals surface area contributed by atoms with E-state index in [1.54, 1.807) is 12.1 Å². The van der Waals surface area contributed by atoms with Gasteiger partial charge in [-0.05, 0) is 42.5 Å². The number of carboxylic acids is 1. The number of carboxylic acid groups (broad SMARTS) is 1. The first-order chi connectivity index (χ1) is 13.2. The van der Waals surface area contributed by atoms with Crippen LogP contribution in [0.5, 0.6) is 11.5 Å². The minimum atomic E-state index is -1.02. The number of hydrogen-bond acceptors (Lipinski definition) is 5. The van der Waals surface area contributed by atoms with Gasteiger partial charge in [0.2, 0.25) is 5.89 Å². The normalized spacial score (nSPS) is 10.5. The summed E-state index contributed by atoms with van der Waals surface area (Å²) in [6.45, 7) is 0. The van der Waals surface area contributed by atoms with Crippen molar-refractivity contribution in [3.8, 4) is 34.4 Å². The molecule has 4 rings (SSSR count). The molecule has 0 spiro atoms. The van der Waals surface area contributed by atoms with E-state index in [2.05, 4.69) is 10.2 Å². The number of aromatic nitrogens is 2. The van der Waals surface area contributed by atoms with Crippen LogP contribution in [0.4, 0.5) is 0 Å². The van der Waals surface area contributed by atoms with Gasteiger partial charge in [-0.3, -0.25) is 0 Å². The van der Waals surface area contributed by atoms with Crippen LogP contribution >= 0.6 is 0 Å². The van der Waals surface area contributed by atoms with Crippen molar-refractivity contribution in [2.45, 2.75) is 0 Å². The van der Waals surface area contributed by atoms with Gasteiger partial charge in [0.05, 0.1) is 11.1 Å². The number of benzene rings is 3. The van der Waals surface area contributed by atoms with Gasteiger partial charge in [-0.15, -0.1) is 10.2 Å². The Morgan fingerprint density at radius 1 is 0.852 bits per heavy atom. The molecule has 0 amide bonds. The van der Waals surface area contributed by atoms with Gasteiger partial charge in [0.25, 0.3) is 5.89 Å². The predicted octanol–water partition coefficient (Wildman–Crippen LogP) is 4.89. The Bertz CT molecular complexity index is 1090. The van der Waals surface area contributed by atoms with Gasteiger partial charge in [0.1, 0.15) is 11.5 Å². The molecule has 0 unspecified atom stereocenters. The predicted molar refractivity (Wildman–Crippen MR) is 98.6 cm³/mol. The topological polar surface area (TPSA) is 85.5 Å². The number of nitrogens with zero attached hydrogens (tertiary/aromatic N) is 2. The summed E-state index contributed by atoms with van der Waals surface area (Å²) in [6, 6.07) is 23.1. The summed E-state index contributed by atoms with van der Waals surface area (Å²) < 4.78 is 11.7. The summed E-state index contributed by atoms with van der Waals surface area (Å²) in [7, 11) is 0. The zero-order valence-corrected chi connectivity index (χ0v) is 14.1. The van der Waals surface area contributed by atoms with E-state index in [0.717, 1.165) is 0 Å². The van der Waals surface area contributed by atoms with Gasteiger partial charge in [0.15, 0.2) is 0 Å². The quantitative estimate of drug-likeness (QED) is 0.546. The molecular formula is C21H14N2O4. The van der Waals surface area contributed by atoms with Gasteiger partial charge in [-0.1, -0.05) is 36.4 Å². The molecule has 0 fully saturated rings. The van der Waals surface area contributed by atoms with E-state index in [0.29, 0.717) is 22.6 Å². The number of ether oxygens (including phenoxy) is 1. The lowest BCUT2D eigenvalue weighted by Crippen LogP contribution is -1.95. The number of carbonyl (C=O) groups is 1. The molecule has 0 radical (unpaired) electrons. The highest BCUT2D eigenvalue weighted by molar-refractivity contribution is 5.89. The number of hydrogen-bond donors (Lipinski definition) is 1. The minimum Gasteiger partial charge on any atom is -0.478 e. The van der Waals surface area contributed by atoms with E-state index >= 15 is 0 Å². The Labute approximate surface area is 154 Å². The van der Waals surface area contributed by atoms with Crippen molar-refractivity contribution >= 4 is 5.97 Å². The summed E-state index contributed by atoms with van der Waals surface area (Å²) in [4.78, 5) is 11.1. The van der Waals surface area contributed by atoms with E-state index in [1.165, 1.54) is 12.1 Å². The Balaban J connectivity index is 1.68. The largest absolute Gasteiger partial charge is 0.478 e. The first kappa shape index (κ1) is 16.5. The van der Waals surface area contributed by atoms with Gasteiger partial charge >= 0.3 is 5.97 Å². The van der Waals surface area contributed by atoms with Crippen LogP contribution in [0.15, 0.2) is 83.3 Å². The smallest absolute Gasteiger partial charge is 0.335 e. The summed E-state index contributed by atoms with van der Waals surface area (Å²) >= 11 is 0. The fourth-order valence-corrected chi connectivity index (χ4v) is 2.58. The maximum atomic E-state index is 11.1. The number of aromatic carboxylic acids is 1. The molecule has 6 nitrogen and oxygen atoms in total. The Morgan fingerprint density at radius 2 is 1.59 bits per heavy atom. The number of para-hydroxylation sites is 2. The van der Waals surface area contributed by atoms with Crippen molar-refractivity contribution in [2.75, 3.05) is 0 Å². The maximum absolute atomic E-state index is 11.1. The highest BCUT2D eigenvalue weighted by atomic mass is 16.5. The standard InChI is InChI=1S/C21H14N2O4/c24-21(25)15-8-6-7-14(13-15)19-22-23-20(27-19)17-11-4-5-12-18(17)26-16-9-2-1-3-10-16/h1-13H,(H,24,25). The summed E-state index contributed by atoms with van der Waals surface area (Å²) in [5.41, 5.74) is 1.34. The van der Waals surface area contributed by atoms with Crippen LogP contribution in [0.3, 0.4) is 0 Å². The second-order valence-electron chi connectivity index (χ2n) is 5.71. The lowest BCUT2D eigenvalue weighted by atomic mass is 10.1. The maximum Gasteiger partial charge on any atom is 0.335 e.